The van der Waals surface area contributed by atoms with Gasteiger partial charge in [-0.25, -0.2) is 4.79 Å². The van der Waals surface area contributed by atoms with Gasteiger partial charge in [0.1, 0.15) is 17.2 Å². The van der Waals surface area contributed by atoms with E-state index in [1.165, 1.54) is 141 Å². The molecule has 1 aromatic carbocycles. The van der Waals surface area contributed by atoms with Gasteiger partial charge < -0.3 is 29.6 Å². The molecule has 1 rings (SSSR count). The largest absolute Gasteiger partial charge is 0.460 e. The second kappa shape index (κ2) is 38.3. The lowest BCUT2D eigenvalue weighted by Crippen LogP contribution is -2.44. The zero-order valence-corrected chi connectivity index (χ0v) is 43.6. The highest BCUT2D eigenvalue weighted by atomic mass is 32.2. The van der Waals surface area contributed by atoms with Crippen LogP contribution in [0.2, 0.25) is 0 Å². The summed E-state index contributed by atoms with van der Waals surface area (Å²) in [6.07, 6.45) is 32.0. The molecule has 0 heterocycles. The quantitative estimate of drug-likeness (QED) is 0.0487. The first kappa shape index (κ1) is 60.4. The summed E-state index contributed by atoms with van der Waals surface area (Å²) in [7, 11) is 0. The Kier molecular flexibility index (Phi) is 35.6. The molecule has 2 unspecified atom stereocenters. The molecule has 2 N–H and O–H groups in total. The monoisotopic (exact) mass is 933 g/mol. The number of rotatable bonds is 41. The Morgan fingerprint density at radius 2 is 1.05 bits per heavy atom. The number of benzene rings is 1. The molecule has 0 saturated carbocycles. The van der Waals surface area contributed by atoms with Crippen LogP contribution in [0.5, 0.6) is 0 Å². The Hall–Kier alpha value is -2.63. The van der Waals surface area contributed by atoms with Gasteiger partial charge in [0, 0.05) is 48.8 Å². The zero-order chi connectivity index (χ0) is 48.0. The topological polar surface area (TPSA) is 129 Å². The van der Waals surface area contributed by atoms with E-state index in [2.05, 4.69) is 24.5 Å². The highest BCUT2D eigenvalue weighted by molar-refractivity contribution is 7.99. The van der Waals surface area contributed by atoms with E-state index in [0.29, 0.717) is 30.0 Å². The first-order valence-corrected chi connectivity index (χ1v) is 27.2. The van der Waals surface area contributed by atoms with E-state index >= 15 is 0 Å². The second-order valence-corrected chi connectivity index (χ2v) is 21.1. The molecule has 0 spiro atoms. The zero-order valence-electron chi connectivity index (χ0n) is 42.8. The van der Waals surface area contributed by atoms with Gasteiger partial charge in [0.2, 0.25) is 5.91 Å². The number of amides is 2. The molecule has 10 nitrogen and oxygen atoms in total. The maximum atomic E-state index is 13.2. The van der Waals surface area contributed by atoms with Crippen molar-refractivity contribution in [1.29, 1.82) is 0 Å². The van der Waals surface area contributed by atoms with Gasteiger partial charge in [0.15, 0.2) is 0 Å². The van der Waals surface area contributed by atoms with Crippen molar-refractivity contribution in [2.45, 2.75) is 252 Å². The van der Waals surface area contributed by atoms with Gasteiger partial charge in [-0.15, -0.1) is 0 Å². The molecule has 0 radical (unpaired) electrons. The Balaban J connectivity index is 2.54. The number of nitrogens with one attached hydrogen (secondary N) is 2. The van der Waals surface area contributed by atoms with Crippen molar-refractivity contribution in [2.24, 2.45) is 0 Å². The third-order valence-corrected chi connectivity index (χ3v) is 12.2. The number of thioether (sulfide) groups is 1. The lowest BCUT2D eigenvalue weighted by Gasteiger charge is -2.25. The lowest BCUT2D eigenvalue weighted by molar-refractivity contribution is -0.158. The van der Waals surface area contributed by atoms with E-state index in [1.54, 1.807) is 77.6 Å². The third-order valence-electron chi connectivity index (χ3n) is 11.1. The fraction of sp³-hybridized carbons (Fsp3) is 0.815. The number of hydrogen-bond donors (Lipinski definition) is 2. The van der Waals surface area contributed by atoms with Gasteiger partial charge in [-0.1, -0.05) is 155 Å². The Morgan fingerprint density at radius 3 is 1.52 bits per heavy atom. The predicted octanol–water partition coefficient (Wildman–Crippen LogP) is 14.1. The van der Waals surface area contributed by atoms with Crippen molar-refractivity contribution in [3.05, 3.63) is 29.8 Å². The van der Waals surface area contributed by atoms with Crippen molar-refractivity contribution in [1.82, 2.24) is 5.32 Å². The van der Waals surface area contributed by atoms with Crippen LogP contribution in [0.4, 0.5) is 5.69 Å². The van der Waals surface area contributed by atoms with E-state index in [0.717, 1.165) is 31.8 Å². The van der Waals surface area contributed by atoms with Gasteiger partial charge in [-0.2, -0.15) is 11.8 Å². The molecule has 376 valence electrons. The summed E-state index contributed by atoms with van der Waals surface area (Å²) in [5.41, 5.74) is -0.562. The van der Waals surface area contributed by atoms with E-state index in [4.69, 9.17) is 18.9 Å². The highest BCUT2D eigenvalue weighted by Gasteiger charge is 2.29. The van der Waals surface area contributed by atoms with Crippen LogP contribution in [0.25, 0.3) is 0 Å². The van der Waals surface area contributed by atoms with Crippen molar-refractivity contribution in [2.75, 3.05) is 36.6 Å². The fourth-order valence-corrected chi connectivity index (χ4v) is 8.38. The Morgan fingerprint density at radius 1 is 0.585 bits per heavy atom. The minimum absolute atomic E-state index is 0.000914. The summed E-state index contributed by atoms with van der Waals surface area (Å²) in [5.74, 6) is -0.275. The van der Waals surface area contributed by atoms with Crippen LogP contribution in [0, 0.1) is 0 Å². The van der Waals surface area contributed by atoms with E-state index in [-0.39, 0.29) is 24.9 Å². The molecule has 0 fully saturated rings. The summed E-state index contributed by atoms with van der Waals surface area (Å²) in [6.45, 7) is 17.2. The third kappa shape index (κ3) is 37.1. The van der Waals surface area contributed by atoms with Crippen LogP contribution in [0.15, 0.2) is 24.3 Å². The maximum Gasteiger partial charge on any atom is 0.329 e. The molecular weight excluding hydrogens is 837 g/mol. The molecule has 11 heteroatoms. The average molecular weight is 933 g/mol. The van der Waals surface area contributed by atoms with Crippen LogP contribution in [0.1, 0.15) is 239 Å². The number of ether oxygens (including phenoxy) is 4. The van der Waals surface area contributed by atoms with Crippen molar-refractivity contribution in [3.63, 3.8) is 0 Å². The van der Waals surface area contributed by atoms with E-state index in [1.807, 2.05) is 0 Å². The number of anilines is 1. The molecular formula is C54H96N2O8S. The number of hydrogen-bond acceptors (Lipinski definition) is 9. The van der Waals surface area contributed by atoms with Crippen molar-refractivity contribution >= 4 is 41.2 Å². The lowest BCUT2D eigenvalue weighted by atomic mass is 10.1. The van der Waals surface area contributed by atoms with Gasteiger partial charge in [0.25, 0.3) is 5.91 Å². The minimum atomic E-state index is -1.05. The molecule has 0 aliphatic rings. The van der Waals surface area contributed by atoms with Gasteiger partial charge >= 0.3 is 11.9 Å². The number of carbonyl (C=O) groups excluding carboxylic acids is 4. The summed E-state index contributed by atoms with van der Waals surface area (Å²) < 4.78 is 23.4. The van der Waals surface area contributed by atoms with E-state index < -0.39 is 35.1 Å². The smallest absolute Gasteiger partial charge is 0.329 e. The minimum Gasteiger partial charge on any atom is -0.460 e. The maximum absolute atomic E-state index is 13.2. The molecule has 0 aromatic heterocycles. The van der Waals surface area contributed by atoms with Gasteiger partial charge in [-0.05, 0) is 85.1 Å². The molecule has 0 aliphatic carbocycles. The van der Waals surface area contributed by atoms with Crippen molar-refractivity contribution < 1.29 is 38.1 Å². The molecule has 0 saturated heterocycles. The number of esters is 2. The molecule has 2 amide bonds. The second-order valence-electron chi connectivity index (χ2n) is 20.0. The molecule has 2 atom stereocenters. The summed E-state index contributed by atoms with van der Waals surface area (Å²) in [4.78, 5) is 51.5. The molecule has 0 bridgehead atoms. The number of carbonyl (C=O) groups is 4. The van der Waals surface area contributed by atoms with Crippen molar-refractivity contribution in [3.8, 4) is 0 Å². The van der Waals surface area contributed by atoms with Crippen LogP contribution in [-0.2, 0) is 33.3 Å². The molecule has 1 aromatic rings. The van der Waals surface area contributed by atoms with Crippen LogP contribution in [-0.4, -0.2) is 78.4 Å². The Bertz CT molecular complexity index is 1360. The summed E-state index contributed by atoms with van der Waals surface area (Å²) in [5, 5.41) is 5.65. The number of unbranched alkanes of at least 4 members (excludes halogenated alkanes) is 22. The Labute approximate surface area is 401 Å². The average Bonchev–Trinajstić information content (AvgIpc) is 3.24. The predicted molar refractivity (Wildman–Crippen MR) is 272 cm³/mol. The highest BCUT2D eigenvalue weighted by Crippen LogP contribution is 2.18. The van der Waals surface area contributed by atoms with Crippen LogP contribution < -0.4 is 10.6 Å². The first-order chi connectivity index (χ1) is 31.1. The van der Waals surface area contributed by atoms with Gasteiger partial charge in [-0.3, -0.25) is 14.4 Å². The standard InChI is InChI=1S/C54H96N2O8S/c1-9-11-13-15-17-19-21-23-25-27-29-31-40-61-43-47(62-41-32-30-28-26-24-22-20-18-16-14-12-10-2)44-65-42-39-49(57)55-46-35-33-45(34-36-46)51(59)56-48(52(60)64-54(6,7)8)37-38-50(58)63-53(3,4)5/h33-36,47-48H,9-32,37-44H2,1-8H3,(H,55,57)(H,56,59). The fourth-order valence-electron chi connectivity index (χ4n) is 7.42. The molecule has 0 aliphatic heterocycles. The normalized spacial score (nSPS) is 12.7. The molecule has 65 heavy (non-hydrogen) atoms. The van der Waals surface area contributed by atoms with Crippen LogP contribution in [0.3, 0.4) is 0 Å². The first-order valence-electron chi connectivity index (χ1n) is 26.1. The summed E-state index contributed by atoms with van der Waals surface area (Å²) in [6, 6.07) is 5.47. The van der Waals surface area contributed by atoms with Crippen LogP contribution >= 0.6 is 11.8 Å². The summed E-state index contributed by atoms with van der Waals surface area (Å²) >= 11 is 1.71. The van der Waals surface area contributed by atoms with E-state index in [9.17, 15) is 19.2 Å². The SMILES string of the molecule is CCCCCCCCCCCCCCOCC(CSCCC(=O)Nc1ccc(C(=O)NC(CCC(=O)OC(C)(C)C)C(=O)OC(C)(C)C)cc1)OCCCCCCCCCCCCCC. The van der Waals surface area contributed by atoms with Gasteiger partial charge in [0.05, 0.1) is 12.7 Å².